The van der Waals surface area contributed by atoms with Crippen LogP contribution in [0.1, 0.15) is 56.8 Å². The Morgan fingerprint density at radius 3 is 3.16 bits per heavy atom. The molecule has 3 nitrogen and oxygen atoms in total. The zero-order chi connectivity index (χ0) is 13.5. The van der Waals surface area contributed by atoms with E-state index in [-0.39, 0.29) is 0 Å². The average molecular weight is 262 g/mol. The first-order chi connectivity index (χ1) is 9.27. The molecule has 0 aromatic carbocycles. The van der Waals surface area contributed by atoms with Crippen LogP contribution in [0, 0.1) is 0 Å². The van der Waals surface area contributed by atoms with Crippen molar-refractivity contribution in [3.05, 3.63) is 29.6 Å². The summed E-state index contributed by atoms with van der Waals surface area (Å²) >= 11 is 0. The lowest BCUT2D eigenvalue weighted by atomic mass is 9.92. The maximum atomic E-state index is 5.55. The quantitative estimate of drug-likeness (QED) is 0.766. The van der Waals surface area contributed by atoms with E-state index in [1.54, 1.807) is 0 Å². The van der Waals surface area contributed by atoms with E-state index in [9.17, 15) is 0 Å². The number of ether oxygens (including phenoxy) is 1. The minimum Gasteiger partial charge on any atom is -0.379 e. The lowest BCUT2D eigenvalue weighted by Crippen LogP contribution is -2.27. The predicted molar refractivity (Wildman–Crippen MR) is 78.2 cm³/mol. The summed E-state index contributed by atoms with van der Waals surface area (Å²) in [6, 6.07) is 4.72. The number of pyridine rings is 1. The molecule has 1 aliphatic carbocycles. The van der Waals surface area contributed by atoms with Crippen molar-refractivity contribution < 1.29 is 4.74 Å². The minimum atomic E-state index is 0.349. The third-order valence-electron chi connectivity index (χ3n) is 3.61. The van der Waals surface area contributed by atoms with Gasteiger partial charge in [0.05, 0.1) is 11.8 Å². The summed E-state index contributed by atoms with van der Waals surface area (Å²) in [5.41, 5.74) is 2.70. The van der Waals surface area contributed by atoms with Crippen LogP contribution in [0.2, 0.25) is 0 Å². The summed E-state index contributed by atoms with van der Waals surface area (Å²) in [4.78, 5) is 4.55. The number of aryl methyl sites for hydroxylation is 1. The summed E-state index contributed by atoms with van der Waals surface area (Å²) < 4.78 is 5.55. The van der Waals surface area contributed by atoms with Gasteiger partial charge in [0, 0.05) is 18.8 Å². The van der Waals surface area contributed by atoms with Crippen molar-refractivity contribution in [3.8, 4) is 0 Å². The van der Waals surface area contributed by atoms with E-state index in [0.717, 1.165) is 19.6 Å². The van der Waals surface area contributed by atoms with Gasteiger partial charge < -0.3 is 10.1 Å². The van der Waals surface area contributed by atoms with Gasteiger partial charge in [-0.3, -0.25) is 4.98 Å². The molecule has 2 rings (SSSR count). The van der Waals surface area contributed by atoms with Crippen LogP contribution in [0.4, 0.5) is 0 Å². The molecule has 1 atom stereocenters. The summed E-state index contributed by atoms with van der Waals surface area (Å²) in [6.07, 6.45) is 8.23. The van der Waals surface area contributed by atoms with E-state index < -0.39 is 0 Å². The highest BCUT2D eigenvalue weighted by Crippen LogP contribution is 2.27. The maximum Gasteiger partial charge on any atom is 0.0605 e. The summed E-state index contributed by atoms with van der Waals surface area (Å²) in [5, 5.41) is 3.65. The monoisotopic (exact) mass is 262 g/mol. The second-order valence-electron chi connectivity index (χ2n) is 5.57. The molecule has 1 aromatic rings. The fourth-order valence-electron chi connectivity index (χ4n) is 2.63. The molecular formula is C16H26N2O. The zero-order valence-corrected chi connectivity index (χ0v) is 12.2. The Bertz CT molecular complexity index is 379. The molecule has 106 valence electrons. The van der Waals surface area contributed by atoms with Gasteiger partial charge in [-0.2, -0.15) is 0 Å². The number of nitrogens with one attached hydrogen (secondary N) is 1. The lowest BCUT2D eigenvalue weighted by molar-refractivity contribution is 0.0759. The van der Waals surface area contributed by atoms with Crippen molar-refractivity contribution in [1.29, 1.82) is 0 Å². The molecule has 1 aliphatic rings. The molecule has 1 unspecified atom stereocenters. The van der Waals surface area contributed by atoms with Gasteiger partial charge in [0.2, 0.25) is 0 Å². The number of aromatic nitrogens is 1. The Morgan fingerprint density at radius 1 is 1.42 bits per heavy atom. The van der Waals surface area contributed by atoms with Crippen LogP contribution in [-0.2, 0) is 11.2 Å². The van der Waals surface area contributed by atoms with Crippen LogP contribution in [0.3, 0.4) is 0 Å². The normalized spacial score (nSPS) is 18.6. The Hall–Kier alpha value is -0.930. The molecule has 0 aliphatic heterocycles. The first kappa shape index (κ1) is 14.5. The third-order valence-corrected chi connectivity index (χ3v) is 3.61. The standard InChI is InChI=1S/C16H26N2O/c1-13(2)19-12-4-3-10-17-15-9-5-7-14-8-6-11-18-16(14)15/h6,8,11,13,15,17H,3-5,7,9-10,12H2,1-2H3. The number of fused-ring (bicyclic) bond motifs is 1. The molecule has 1 aromatic heterocycles. The summed E-state index contributed by atoms with van der Waals surface area (Å²) in [6.45, 7) is 6.10. The topological polar surface area (TPSA) is 34.1 Å². The summed E-state index contributed by atoms with van der Waals surface area (Å²) in [7, 11) is 0. The SMILES string of the molecule is CC(C)OCCCCNC1CCCc2cccnc21. The maximum absolute atomic E-state index is 5.55. The first-order valence-electron chi connectivity index (χ1n) is 7.56. The van der Waals surface area contributed by atoms with E-state index >= 15 is 0 Å². The van der Waals surface area contributed by atoms with Gasteiger partial charge in [-0.15, -0.1) is 0 Å². The smallest absolute Gasteiger partial charge is 0.0605 e. The number of rotatable bonds is 7. The van der Waals surface area contributed by atoms with Gasteiger partial charge in [0.15, 0.2) is 0 Å². The minimum absolute atomic E-state index is 0.349. The first-order valence-corrected chi connectivity index (χ1v) is 7.56. The number of hydrogen-bond acceptors (Lipinski definition) is 3. The van der Waals surface area contributed by atoms with Crippen molar-refractivity contribution in [1.82, 2.24) is 10.3 Å². The number of unbranched alkanes of at least 4 members (excludes halogenated alkanes) is 1. The van der Waals surface area contributed by atoms with Crippen LogP contribution < -0.4 is 5.32 Å². The fourth-order valence-corrected chi connectivity index (χ4v) is 2.63. The predicted octanol–water partition coefficient (Wildman–Crippen LogP) is 3.25. The van der Waals surface area contributed by atoms with Crippen LogP contribution in [0.25, 0.3) is 0 Å². The summed E-state index contributed by atoms with van der Waals surface area (Å²) in [5.74, 6) is 0. The molecule has 0 saturated heterocycles. The van der Waals surface area contributed by atoms with Crippen molar-refractivity contribution in [3.63, 3.8) is 0 Å². The molecule has 1 N–H and O–H groups in total. The van der Waals surface area contributed by atoms with E-state index in [1.165, 1.54) is 36.9 Å². The highest BCUT2D eigenvalue weighted by Gasteiger charge is 2.20. The molecule has 0 amide bonds. The van der Waals surface area contributed by atoms with Crippen LogP contribution >= 0.6 is 0 Å². The molecule has 0 spiro atoms. The molecule has 0 radical (unpaired) electrons. The molecule has 1 heterocycles. The van der Waals surface area contributed by atoms with Gasteiger partial charge in [0.25, 0.3) is 0 Å². The Labute approximate surface area is 116 Å². The van der Waals surface area contributed by atoms with Gasteiger partial charge in [-0.05, 0) is 64.1 Å². The van der Waals surface area contributed by atoms with Crippen LogP contribution in [0.15, 0.2) is 18.3 Å². The van der Waals surface area contributed by atoms with Crippen molar-refractivity contribution in [2.75, 3.05) is 13.2 Å². The molecule has 0 bridgehead atoms. The zero-order valence-electron chi connectivity index (χ0n) is 12.2. The van der Waals surface area contributed by atoms with Crippen molar-refractivity contribution >= 4 is 0 Å². The van der Waals surface area contributed by atoms with Gasteiger partial charge in [-0.25, -0.2) is 0 Å². The van der Waals surface area contributed by atoms with Crippen LogP contribution in [-0.4, -0.2) is 24.2 Å². The van der Waals surface area contributed by atoms with E-state index in [1.807, 2.05) is 12.3 Å². The van der Waals surface area contributed by atoms with Crippen molar-refractivity contribution in [2.45, 2.75) is 58.1 Å². The average Bonchev–Trinajstić information content (AvgIpc) is 2.42. The van der Waals surface area contributed by atoms with E-state index in [0.29, 0.717) is 12.1 Å². The van der Waals surface area contributed by atoms with E-state index in [2.05, 4.69) is 30.2 Å². The third kappa shape index (κ3) is 4.59. The Kier molecular flexibility index (Phi) is 5.80. The van der Waals surface area contributed by atoms with Gasteiger partial charge in [0.1, 0.15) is 0 Å². The number of nitrogens with zero attached hydrogens (tertiary/aromatic N) is 1. The molecule has 0 saturated carbocycles. The largest absolute Gasteiger partial charge is 0.379 e. The Balaban J connectivity index is 1.70. The fraction of sp³-hybridized carbons (Fsp3) is 0.688. The van der Waals surface area contributed by atoms with Crippen LogP contribution in [0.5, 0.6) is 0 Å². The molecule has 0 fully saturated rings. The lowest BCUT2D eigenvalue weighted by Gasteiger charge is -2.25. The van der Waals surface area contributed by atoms with Crippen molar-refractivity contribution in [2.24, 2.45) is 0 Å². The second kappa shape index (κ2) is 7.61. The Morgan fingerprint density at radius 2 is 2.32 bits per heavy atom. The highest BCUT2D eigenvalue weighted by atomic mass is 16.5. The second-order valence-corrected chi connectivity index (χ2v) is 5.57. The molecule has 3 heteroatoms. The number of hydrogen-bond donors (Lipinski definition) is 1. The van der Waals surface area contributed by atoms with E-state index in [4.69, 9.17) is 4.74 Å². The highest BCUT2D eigenvalue weighted by molar-refractivity contribution is 5.25. The van der Waals surface area contributed by atoms with Gasteiger partial charge in [-0.1, -0.05) is 6.07 Å². The molecule has 19 heavy (non-hydrogen) atoms. The van der Waals surface area contributed by atoms with Gasteiger partial charge >= 0.3 is 0 Å². The molecular weight excluding hydrogens is 236 g/mol.